The number of nitrogens with zero attached hydrogens (tertiary/aromatic N) is 2. The zero-order valence-corrected chi connectivity index (χ0v) is 11.6. The van der Waals surface area contributed by atoms with Crippen LogP contribution < -0.4 is 5.59 Å². The molecule has 0 unspecified atom stereocenters. The highest BCUT2D eigenvalue weighted by atomic mass is 35.5. The number of rotatable bonds is 5. The molecular formula is C14H15ClN4O. The fourth-order valence-electron chi connectivity index (χ4n) is 2.00. The maximum absolute atomic E-state index is 5.87. The number of hydrogen-bond acceptors (Lipinski definition) is 4. The first-order chi connectivity index (χ1) is 9.79. The van der Waals surface area contributed by atoms with E-state index in [1.54, 1.807) is 6.33 Å². The van der Waals surface area contributed by atoms with E-state index in [-0.39, 0.29) is 0 Å². The molecule has 0 amide bonds. The second-order valence-corrected chi connectivity index (χ2v) is 5.06. The van der Waals surface area contributed by atoms with Crippen LogP contribution in [-0.2, 0) is 17.8 Å². The first-order valence-corrected chi connectivity index (χ1v) is 6.79. The van der Waals surface area contributed by atoms with Crippen molar-refractivity contribution in [3.05, 3.63) is 65.0 Å². The second kappa shape index (κ2) is 5.98. The fourth-order valence-corrected chi connectivity index (χ4v) is 2.13. The lowest BCUT2D eigenvalue weighted by Gasteiger charge is -2.13. The highest BCUT2D eigenvalue weighted by molar-refractivity contribution is 6.30. The van der Waals surface area contributed by atoms with Crippen LogP contribution in [0.2, 0.25) is 5.02 Å². The van der Waals surface area contributed by atoms with Crippen LogP contribution in [-0.4, -0.2) is 15.0 Å². The molecule has 20 heavy (non-hydrogen) atoms. The topological polar surface area (TPSA) is 53.2 Å². The minimum atomic E-state index is 0.727. The second-order valence-electron chi connectivity index (χ2n) is 4.62. The Bertz CT molecular complexity index is 580. The summed E-state index contributed by atoms with van der Waals surface area (Å²) in [6, 6.07) is 7.77. The molecule has 0 fully saturated rings. The lowest BCUT2D eigenvalue weighted by Crippen LogP contribution is -2.26. The molecule has 0 radical (unpaired) electrons. The van der Waals surface area contributed by atoms with Crippen LogP contribution in [0.15, 0.2) is 48.7 Å². The van der Waals surface area contributed by atoms with Crippen molar-refractivity contribution in [2.45, 2.75) is 19.4 Å². The molecule has 1 aliphatic rings. The predicted molar refractivity (Wildman–Crippen MR) is 76.2 cm³/mol. The highest BCUT2D eigenvalue weighted by Crippen LogP contribution is 2.16. The van der Waals surface area contributed by atoms with Gasteiger partial charge in [0.1, 0.15) is 5.76 Å². The molecule has 0 bridgehead atoms. The van der Waals surface area contributed by atoms with Crippen molar-refractivity contribution >= 4 is 11.6 Å². The lowest BCUT2D eigenvalue weighted by molar-refractivity contribution is 0.0147. The van der Waals surface area contributed by atoms with E-state index in [1.165, 1.54) is 0 Å². The van der Waals surface area contributed by atoms with E-state index < -0.39 is 0 Å². The van der Waals surface area contributed by atoms with Gasteiger partial charge in [0.05, 0.1) is 19.1 Å². The molecule has 1 aromatic heterocycles. The van der Waals surface area contributed by atoms with Gasteiger partial charge in [-0.3, -0.25) is 5.01 Å². The average Bonchev–Trinajstić information content (AvgIpc) is 3.10. The van der Waals surface area contributed by atoms with Gasteiger partial charge in [-0.1, -0.05) is 29.3 Å². The maximum Gasteiger partial charge on any atom is 0.144 e. The van der Waals surface area contributed by atoms with Crippen LogP contribution in [0.1, 0.15) is 17.7 Å². The summed E-state index contributed by atoms with van der Waals surface area (Å²) >= 11 is 5.87. The van der Waals surface area contributed by atoms with Gasteiger partial charge in [-0.25, -0.2) is 4.98 Å². The summed E-state index contributed by atoms with van der Waals surface area (Å²) < 4.78 is 0. The van der Waals surface area contributed by atoms with Crippen molar-refractivity contribution < 1.29 is 4.84 Å². The highest BCUT2D eigenvalue weighted by Gasteiger charge is 2.13. The molecular weight excluding hydrogens is 276 g/mol. The van der Waals surface area contributed by atoms with E-state index in [0.717, 1.165) is 41.4 Å². The molecule has 0 atom stereocenters. The number of aryl methyl sites for hydroxylation is 1. The van der Waals surface area contributed by atoms with Crippen molar-refractivity contribution in [3.63, 3.8) is 0 Å². The molecule has 5 nitrogen and oxygen atoms in total. The number of hydrazine groups is 1. The molecule has 2 aromatic rings. The minimum Gasteiger partial charge on any atom is -0.392 e. The molecule has 1 aromatic carbocycles. The van der Waals surface area contributed by atoms with Gasteiger partial charge in [0.25, 0.3) is 0 Å². The third-order valence-corrected chi connectivity index (χ3v) is 3.31. The van der Waals surface area contributed by atoms with Crippen molar-refractivity contribution in [1.29, 1.82) is 0 Å². The number of hydrogen-bond donors (Lipinski definition) is 2. The summed E-state index contributed by atoms with van der Waals surface area (Å²) in [5, 5.41) is 2.65. The van der Waals surface area contributed by atoms with Gasteiger partial charge in [0.2, 0.25) is 0 Å². The SMILES string of the molecule is Clc1ccc(CN2C=C(CCc3cnc[nH]3)ON2)cc1. The Labute approximate surface area is 122 Å². The molecule has 104 valence electrons. The lowest BCUT2D eigenvalue weighted by atomic mass is 10.2. The maximum atomic E-state index is 5.87. The number of aromatic nitrogens is 2. The number of allylic oxidation sites excluding steroid dienone is 1. The van der Waals surface area contributed by atoms with Gasteiger partial charge in [0, 0.05) is 23.3 Å². The number of aromatic amines is 1. The van der Waals surface area contributed by atoms with Crippen molar-refractivity contribution in [3.8, 4) is 0 Å². The number of imidazole rings is 1. The van der Waals surface area contributed by atoms with Crippen LogP contribution in [0.5, 0.6) is 0 Å². The predicted octanol–water partition coefficient (Wildman–Crippen LogP) is 2.79. The molecule has 0 saturated carbocycles. The van der Waals surface area contributed by atoms with Crippen LogP contribution in [0.4, 0.5) is 0 Å². The summed E-state index contributed by atoms with van der Waals surface area (Å²) in [7, 11) is 0. The first kappa shape index (κ1) is 13.0. The normalized spacial score (nSPS) is 14.2. The number of halogens is 1. The molecule has 0 saturated heterocycles. The molecule has 2 N–H and O–H groups in total. The Morgan fingerprint density at radius 1 is 1.20 bits per heavy atom. The Morgan fingerprint density at radius 3 is 2.80 bits per heavy atom. The summed E-state index contributed by atoms with van der Waals surface area (Å²) in [5.74, 6) is 0.911. The minimum absolute atomic E-state index is 0.727. The quantitative estimate of drug-likeness (QED) is 0.889. The van der Waals surface area contributed by atoms with Gasteiger partial charge in [-0.2, -0.15) is 0 Å². The standard InChI is InChI=1S/C14H15ClN4O/c15-12-3-1-11(2-4-12)8-19-9-14(20-18-19)6-5-13-7-16-10-17-13/h1-4,7,9-10,18H,5-6,8H2,(H,16,17). The van der Waals surface area contributed by atoms with Gasteiger partial charge >= 0.3 is 0 Å². The van der Waals surface area contributed by atoms with Gasteiger partial charge < -0.3 is 9.82 Å². The summed E-state index contributed by atoms with van der Waals surface area (Å²) in [4.78, 5) is 12.5. The first-order valence-electron chi connectivity index (χ1n) is 6.41. The third kappa shape index (κ3) is 3.31. The van der Waals surface area contributed by atoms with Crippen molar-refractivity contribution in [2.24, 2.45) is 0 Å². The monoisotopic (exact) mass is 290 g/mol. The van der Waals surface area contributed by atoms with Crippen molar-refractivity contribution in [1.82, 2.24) is 20.6 Å². The van der Waals surface area contributed by atoms with Gasteiger partial charge in [-0.15, -0.1) is 0 Å². The van der Waals surface area contributed by atoms with E-state index >= 15 is 0 Å². The van der Waals surface area contributed by atoms with Crippen LogP contribution >= 0.6 is 11.6 Å². The van der Waals surface area contributed by atoms with Gasteiger partial charge in [0.15, 0.2) is 0 Å². The molecule has 6 heteroatoms. The zero-order chi connectivity index (χ0) is 13.8. The van der Waals surface area contributed by atoms with E-state index in [9.17, 15) is 0 Å². The van der Waals surface area contributed by atoms with E-state index in [1.807, 2.05) is 41.7 Å². The molecule has 0 aliphatic carbocycles. The Kier molecular flexibility index (Phi) is 3.90. The zero-order valence-electron chi connectivity index (χ0n) is 10.8. The Balaban J connectivity index is 1.53. The van der Waals surface area contributed by atoms with Crippen molar-refractivity contribution in [2.75, 3.05) is 0 Å². The molecule has 2 heterocycles. The van der Waals surface area contributed by atoms with E-state index in [4.69, 9.17) is 16.4 Å². The fraction of sp³-hybridized carbons (Fsp3) is 0.214. The van der Waals surface area contributed by atoms with Crippen LogP contribution in [0.3, 0.4) is 0 Å². The van der Waals surface area contributed by atoms with Crippen LogP contribution in [0, 0.1) is 0 Å². The number of H-pyrrole nitrogens is 1. The van der Waals surface area contributed by atoms with Gasteiger partial charge in [-0.05, 0) is 24.1 Å². The largest absolute Gasteiger partial charge is 0.392 e. The Morgan fingerprint density at radius 2 is 2.05 bits per heavy atom. The molecule has 3 rings (SSSR count). The average molecular weight is 291 g/mol. The number of benzene rings is 1. The van der Waals surface area contributed by atoms with E-state index in [2.05, 4.69) is 15.6 Å². The third-order valence-electron chi connectivity index (χ3n) is 3.06. The molecule has 1 aliphatic heterocycles. The summed E-state index contributed by atoms with van der Waals surface area (Å²) in [6.45, 7) is 0.727. The van der Waals surface area contributed by atoms with E-state index in [0.29, 0.717) is 0 Å². The number of nitrogens with one attached hydrogen (secondary N) is 2. The summed E-state index contributed by atoms with van der Waals surface area (Å²) in [6.07, 6.45) is 7.19. The van der Waals surface area contributed by atoms with Crippen LogP contribution in [0.25, 0.3) is 0 Å². The molecule has 0 spiro atoms. The smallest absolute Gasteiger partial charge is 0.144 e. The summed E-state index contributed by atoms with van der Waals surface area (Å²) in [5.41, 5.74) is 5.15. The Hall–Kier alpha value is -1.98.